The van der Waals surface area contributed by atoms with Crippen LogP contribution in [0.25, 0.3) is 5.57 Å². The van der Waals surface area contributed by atoms with Gasteiger partial charge in [-0.2, -0.15) is 0 Å². The quantitative estimate of drug-likeness (QED) is 0.0639. The molecule has 0 spiro atoms. The molecule has 4 fully saturated rings. The number of rotatable bonds is 20. The number of aromatic carboxylic acids is 2. The number of nitro benzene ring substituents is 2. The van der Waals surface area contributed by atoms with Gasteiger partial charge in [0.2, 0.25) is 0 Å². The number of nitro groups is 2. The molecule has 0 aliphatic heterocycles. The molecule has 2 unspecified atom stereocenters. The number of non-ortho nitro benzene ring substituents is 2. The second-order valence-electron chi connectivity index (χ2n) is 22.7. The average molecular weight is 1040 g/mol. The first-order chi connectivity index (χ1) is 34.8. The third kappa shape index (κ3) is 11.6. The Hall–Kier alpha value is -5.46. The zero-order valence-corrected chi connectivity index (χ0v) is 44.3. The minimum absolute atomic E-state index is 0.0258. The van der Waals surface area contributed by atoms with E-state index in [9.17, 15) is 40.0 Å². The van der Waals surface area contributed by atoms with Crippen LogP contribution < -0.4 is 9.47 Å². The van der Waals surface area contributed by atoms with E-state index in [4.69, 9.17) is 32.7 Å². The summed E-state index contributed by atoms with van der Waals surface area (Å²) in [5.74, 6) is 3.03. The van der Waals surface area contributed by atoms with E-state index in [2.05, 4.69) is 34.6 Å². The lowest BCUT2D eigenvalue weighted by molar-refractivity contribution is -0.385. The van der Waals surface area contributed by atoms with Crippen LogP contribution >= 0.6 is 23.2 Å². The SMILES string of the molecule is CC(C)CCC[C@@H](C)[C@H]1CC[C@H]2[C@@H]3CCC4CC(CCC=C(c5cc(Cl)c(OCc6cccc([N+](=O)[O-])c6)c(C(=O)O)c5)c5cc(Cl)c(OCc6cccc([N+](=O)[O-])c6)c(C(=O)O)c5)CC[C@]4(C)[C@H]3CC[C@]12C. The highest BCUT2D eigenvalue weighted by Crippen LogP contribution is 2.69. The Morgan fingerprint density at radius 3 is 1.81 bits per heavy atom. The molecule has 4 aromatic rings. The molecule has 4 saturated carbocycles. The lowest BCUT2D eigenvalue weighted by atomic mass is 9.44. The van der Waals surface area contributed by atoms with Crippen molar-refractivity contribution in [3.63, 3.8) is 0 Å². The molecule has 8 rings (SSSR count). The molecular weight excluding hydrogens is 968 g/mol. The maximum atomic E-state index is 12.9. The molecule has 0 saturated heterocycles. The number of hydrogen-bond donors (Lipinski definition) is 2. The number of allylic oxidation sites excluding steroid dienone is 1. The molecule has 73 heavy (non-hydrogen) atoms. The molecule has 2 N–H and O–H groups in total. The van der Waals surface area contributed by atoms with Crippen LogP contribution in [0.5, 0.6) is 11.5 Å². The molecule has 14 heteroatoms. The number of carboxylic acid groups (broad SMARTS) is 2. The van der Waals surface area contributed by atoms with E-state index >= 15 is 0 Å². The van der Waals surface area contributed by atoms with Crippen LogP contribution in [0.2, 0.25) is 10.0 Å². The van der Waals surface area contributed by atoms with Crippen LogP contribution in [0.15, 0.2) is 78.9 Å². The summed E-state index contributed by atoms with van der Waals surface area (Å²) in [4.78, 5) is 47.7. The largest absolute Gasteiger partial charge is 0.486 e. The van der Waals surface area contributed by atoms with Gasteiger partial charge in [0, 0.05) is 24.3 Å². The van der Waals surface area contributed by atoms with Gasteiger partial charge < -0.3 is 19.7 Å². The highest BCUT2D eigenvalue weighted by atomic mass is 35.5. The summed E-state index contributed by atoms with van der Waals surface area (Å²) in [5.41, 5.74) is 2.16. The third-order valence-corrected chi connectivity index (χ3v) is 18.6. The van der Waals surface area contributed by atoms with Crippen LogP contribution in [0.3, 0.4) is 0 Å². The second kappa shape index (κ2) is 22.6. The number of nitrogens with zero attached hydrogens (tertiary/aromatic N) is 2. The fraction of sp³-hybridized carbons (Fsp3) is 0.525. The van der Waals surface area contributed by atoms with Crippen molar-refractivity contribution < 1.29 is 39.1 Å². The van der Waals surface area contributed by atoms with Gasteiger partial charge in [-0.05, 0) is 181 Å². The summed E-state index contributed by atoms with van der Waals surface area (Å²) in [6.45, 7) is 12.1. The van der Waals surface area contributed by atoms with E-state index in [0.29, 0.717) is 56.9 Å². The number of carbonyl (C=O) groups is 2. The number of benzene rings is 4. The summed E-state index contributed by atoms with van der Waals surface area (Å²) in [7, 11) is 0. The first kappa shape index (κ1) is 53.8. The molecule has 0 radical (unpaired) electrons. The molecule has 4 aliphatic rings. The van der Waals surface area contributed by atoms with Gasteiger partial charge in [-0.3, -0.25) is 20.2 Å². The Labute approximate surface area is 439 Å². The maximum absolute atomic E-state index is 12.9. The number of fused-ring (bicyclic) bond motifs is 5. The molecule has 0 heterocycles. The fourth-order valence-corrected chi connectivity index (χ4v) is 15.0. The van der Waals surface area contributed by atoms with Crippen molar-refractivity contribution in [1.29, 1.82) is 0 Å². The smallest absolute Gasteiger partial charge is 0.339 e. The van der Waals surface area contributed by atoms with E-state index in [0.717, 1.165) is 54.8 Å². The van der Waals surface area contributed by atoms with Gasteiger partial charge in [-0.1, -0.05) is 107 Å². The van der Waals surface area contributed by atoms with Crippen molar-refractivity contribution in [1.82, 2.24) is 0 Å². The topological polar surface area (TPSA) is 179 Å². The minimum atomic E-state index is -1.33. The van der Waals surface area contributed by atoms with Crippen LogP contribution in [-0.4, -0.2) is 32.0 Å². The van der Waals surface area contributed by atoms with Crippen molar-refractivity contribution >= 4 is 52.1 Å². The van der Waals surface area contributed by atoms with Gasteiger partial charge >= 0.3 is 11.9 Å². The van der Waals surface area contributed by atoms with Crippen molar-refractivity contribution in [3.05, 3.63) is 143 Å². The van der Waals surface area contributed by atoms with Crippen LogP contribution in [0, 0.1) is 78.4 Å². The molecule has 390 valence electrons. The Morgan fingerprint density at radius 1 is 0.726 bits per heavy atom. The van der Waals surface area contributed by atoms with E-state index in [1.165, 1.54) is 113 Å². The summed E-state index contributed by atoms with van der Waals surface area (Å²) in [6, 6.07) is 17.7. The summed E-state index contributed by atoms with van der Waals surface area (Å²) in [5, 5.41) is 43.9. The van der Waals surface area contributed by atoms with E-state index < -0.39 is 21.8 Å². The Bertz CT molecular complexity index is 2630. The number of carboxylic acids is 2. The molecular formula is C59H70Cl2N2O10. The highest BCUT2D eigenvalue weighted by Gasteiger charge is 2.60. The Balaban J connectivity index is 1.04. The fourth-order valence-electron chi connectivity index (χ4n) is 14.4. The number of hydrogen-bond acceptors (Lipinski definition) is 8. The Kier molecular flexibility index (Phi) is 16.6. The predicted octanol–water partition coefficient (Wildman–Crippen LogP) is 16.3. The predicted molar refractivity (Wildman–Crippen MR) is 285 cm³/mol. The van der Waals surface area contributed by atoms with Gasteiger partial charge in [-0.25, -0.2) is 9.59 Å². The third-order valence-electron chi connectivity index (χ3n) is 18.1. The van der Waals surface area contributed by atoms with Crippen LogP contribution in [0.4, 0.5) is 11.4 Å². The van der Waals surface area contributed by atoms with E-state index in [1.54, 1.807) is 24.3 Å². The zero-order valence-electron chi connectivity index (χ0n) is 42.7. The average Bonchev–Trinajstić information content (AvgIpc) is 3.71. The van der Waals surface area contributed by atoms with Crippen LogP contribution in [-0.2, 0) is 13.2 Å². The van der Waals surface area contributed by atoms with Gasteiger partial charge in [0.15, 0.2) is 11.5 Å². The van der Waals surface area contributed by atoms with Crippen molar-refractivity contribution in [2.75, 3.05) is 0 Å². The zero-order chi connectivity index (χ0) is 52.4. The maximum Gasteiger partial charge on any atom is 0.339 e. The van der Waals surface area contributed by atoms with Gasteiger partial charge in [0.1, 0.15) is 24.3 Å². The molecule has 0 bridgehead atoms. The molecule has 0 amide bonds. The monoisotopic (exact) mass is 1040 g/mol. The standard InChI is InChI=1S/C59H70Cl2N2O10/c1-35(2)10-6-11-36(3)49-20-21-50-46-19-18-42-26-37(22-24-58(42,4)51(46)23-25-59(49,50)5)12-9-17-45(40-29-47(56(64)65)54(52(60)31-40)72-33-38-13-7-15-43(27-38)62(68)69)41-30-48(57(66)67)55(53(61)32-41)73-34-39-14-8-16-44(28-39)63(70)71/h7-8,13-17,27-32,35-37,42,46,49-51H,6,9-12,18-26,33-34H2,1-5H3,(H,64,65)(H,66,67)/t36-,37?,42?,46+,49-,50+,51+,58+,59-/m1/s1. The Morgan fingerprint density at radius 2 is 1.27 bits per heavy atom. The first-order valence-corrected chi connectivity index (χ1v) is 27.1. The first-order valence-electron chi connectivity index (χ1n) is 26.3. The van der Waals surface area contributed by atoms with Gasteiger partial charge in [0.25, 0.3) is 11.4 Å². The molecule has 12 nitrogen and oxygen atoms in total. The highest BCUT2D eigenvalue weighted by molar-refractivity contribution is 6.33. The lowest BCUT2D eigenvalue weighted by Crippen LogP contribution is -2.53. The van der Waals surface area contributed by atoms with Gasteiger partial charge in [0.05, 0.1) is 19.9 Å². The second-order valence-corrected chi connectivity index (χ2v) is 23.5. The van der Waals surface area contributed by atoms with E-state index in [1.807, 2.05) is 6.08 Å². The summed E-state index contributed by atoms with van der Waals surface area (Å²) >= 11 is 13.8. The summed E-state index contributed by atoms with van der Waals surface area (Å²) in [6.07, 6.45) is 19.1. The number of ether oxygens (including phenoxy) is 2. The summed E-state index contributed by atoms with van der Waals surface area (Å²) < 4.78 is 11.9. The number of halogens is 2. The van der Waals surface area contributed by atoms with Gasteiger partial charge in [-0.15, -0.1) is 0 Å². The lowest BCUT2D eigenvalue weighted by Gasteiger charge is -2.61. The molecule has 0 aromatic heterocycles. The minimum Gasteiger partial charge on any atom is -0.486 e. The van der Waals surface area contributed by atoms with Crippen molar-refractivity contribution in [2.24, 2.45) is 58.2 Å². The van der Waals surface area contributed by atoms with E-state index in [-0.39, 0.29) is 57.3 Å². The van der Waals surface area contributed by atoms with Crippen molar-refractivity contribution in [2.45, 2.75) is 138 Å². The molecule has 4 aliphatic carbocycles. The molecule has 4 aromatic carbocycles. The van der Waals surface area contributed by atoms with Crippen LogP contribution in [0.1, 0.15) is 167 Å². The normalized spacial score (nSPS) is 25.7. The van der Waals surface area contributed by atoms with Crippen molar-refractivity contribution in [3.8, 4) is 11.5 Å². The molecule has 9 atom stereocenters.